The van der Waals surface area contributed by atoms with Crippen molar-refractivity contribution >= 4 is 22.5 Å². The first-order chi connectivity index (χ1) is 13.1. The molecule has 1 N–H and O–H groups in total. The summed E-state index contributed by atoms with van der Waals surface area (Å²) in [4.78, 5) is 16.3. The fourth-order valence-corrected chi connectivity index (χ4v) is 3.41. The van der Waals surface area contributed by atoms with E-state index >= 15 is 0 Å². The van der Waals surface area contributed by atoms with Gasteiger partial charge in [0, 0.05) is 18.9 Å². The molecule has 2 unspecified atom stereocenters. The number of fused-ring (bicyclic) bond motifs is 1. The van der Waals surface area contributed by atoms with Crippen LogP contribution in [0.4, 0.5) is 10.1 Å². The van der Waals surface area contributed by atoms with Crippen molar-refractivity contribution in [2.75, 3.05) is 5.32 Å². The number of aromatic nitrogens is 3. The summed E-state index contributed by atoms with van der Waals surface area (Å²) in [5, 5.41) is 8.03. The summed E-state index contributed by atoms with van der Waals surface area (Å²) in [5.74, 6) is 0.153. The van der Waals surface area contributed by atoms with Crippen molar-refractivity contribution in [1.82, 2.24) is 14.8 Å². The molecule has 7 heteroatoms. The molecular weight excluding hydrogens is 347 g/mol. The van der Waals surface area contributed by atoms with Crippen molar-refractivity contribution in [2.45, 2.75) is 38.0 Å². The number of carbonyl (C=O) groups is 1. The van der Waals surface area contributed by atoms with Gasteiger partial charge in [-0.1, -0.05) is 12.5 Å². The molecule has 0 saturated heterocycles. The lowest BCUT2D eigenvalue weighted by Gasteiger charge is -2.25. The van der Waals surface area contributed by atoms with Gasteiger partial charge in [-0.15, -0.1) is 5.10 Å². The highest BCUT2D eigenvalue weighted by Crippen LogP contribution is 2.31. The zero-order valence-electron chi connectivity index (χ0n) is 15.1. The van der Waals surface area contributed by atoms with E-state index in [9.17, 15) is 9.18 Å². The zero-order valence-corrected chi connectivity index (χ0v) is 15.1. The largest absolute Gasteiger partial charge is 0.470 e. The van der Waals surface area contributed by atoms with Gasteiger partial charge in [-0.2, -0.15) is 0 Å². The van der Waals surface area contributed by atoms with Crippen LogP contribution in [0, 0.1) is 0 Å². The predicted octanol–water partition coefficient (Wildman–Crippen LogP) is 3.88. The first-order valence-corrected chi connectivity index (χ1v) is 9.11. The molecule has 1 aliphatic carbocycles. The minimum atomic E-state index is -0.951. The summed E-state index contributed by atoms with van der Waals surface area (Å²) in [6.07, 6.45) is 3.30. The molecule has 2 aromatic heterocycles. The normalized spacial score (nSPS) is 19.8. The van der Waals surface area contributed by atoms with Gasteiger partial charge in [0.2, 0.25) is 5.88 Å². The molecule has 140 valence electrons. The van der Waals surface area contributed by atoms with Crippen LogP contribution < -0.4 is 10.1 Å². The van der Waals surface area contributed by atoms with E-state index in [1.807, 2.05) is 12.1 Å². The molecule has 1 amide bonds. The minimum absolute atomic E-state index is 0.281. The van der Waals surface area contributed by atoms with Crippen molar-refractivity contribution in [3.63, 3.8) is 0 Å². The van der Waals surface area contributed by atoms with Crippen LogP contribution in [0.1, 0.15) is 36.2 Å². The number of alkyl halides is 1. The summed E-state index contributed by atoms with van der Waals surface area (Å²) in [6, 6.07) is 10.6. The molecule has 0 radical (unpaired) electrons. The molecule has 2 heterocycles. The predicted molar refractivity (Wildman–Crippen MR) is 101 cm³/mol. The Labute approximate surface area is 156 Å². The lowest BCUT2D eigenvalue weighted by molar-refractivity contribution is 0.0608. The maximum Gasteiger partial charge on any atom is 0.274 e. The van der Waals surface area contributed by atoms with Crippen molar-refractivity contribution in [2.24, 2.45) is 7.05 Å². The number of anilines is 1. The number of rotatable bonds is 4. The van der Waals surface area contributed by atoms with Crippen molar-refractivity contribution < 1.29 is 13.9 Å². The summed E-state index contributed by atoms with van der Waals surface area (Å²) < 4.78 is 21.7. The molecule has 27 heavy (non-hydrogen) atoms. The lowest BCUT2D eigenvalue weighted by atomic mass is 9.96. The van der Waals surface area contributed by atoms with Gasteiger partial charge in [0.25, 0.3) is 5.91 Å². The smallest absolute Gasteiger partial charge is 0.274 e. The number of carbonyl (C=O) groups excluding carboxylic acids is 1. The van der Waals surface area contributed by atoms with Gasteiger partial charge in [0.1, 0.15) is 18.0 Å². The van der Waals surface area contributed by atoms with Crippen LogP contribution in [0.15, 0.2) is 42.6 Å². The van der Waals surface area contributed by atoms with E-state index in [-0.39, 0.29) is 5.91 Å². The van der Waals surface area contributed by atoms with E-state index in [0.29, 0.717) is 30.1 Å². The summed E-state index contributed by atoms with van der Waals surface area (Å²) in [5.41, 5.74) is 1.78. The highest BCUT2D eigenvalue weighted by Gasteiger charge is 2.28. The van der Waals surface area contributed by atoms with Crippen LogP contribution in [-0.4, -0.2) is 32.9 Å². The lowest BCUT2D eigenvalue weighted by Crippen LogP contribution is -2.31. The Balaban J connectivity index is 1.56. The Bertz CT molecular complexity index is 957. The Kier molecular flexibility index (Phi) is 4.75. The first-order valence-electron chi connectivity index (χ1n) is 9.11. The van der Waals surface area contributed by atoms with Gasteiger partial charge in [0.05, 0.1) is 10.9 Å². The number of nitrogens with zero attached hydrogens (tertiary/aromatic N) is 3. The van der Waals surface area contributed by atoms with Crippen LogP contribution in [0.25, 0.3) is 10.9 Å². The summed E-state index contributed by atoms with van der Waals surface area (Å²) in [7, 11) is 1.80. The molecule has 0 bridgehead atoms. The van der Waals surface area contributed by atoms with Gasteiger partial charge in [-0.05, 0) is 49.6 Å². The van der Waals surface area contributed by atoms with E-state index in [2.05, 4.69) is 15.4 Å². The van der Waals surface area contributed by atoms with Crippen LogP contribution in [0.3, 0.4) is 0 Å². The number of amides is 1. The fraction of sp³-hybridized carbons (Fsp3) is 0.350. The van der Waals surface area contributed by atoms with Gasteiger partial charge < -0.3 is 10.1 Å². The number of benzene rings is 1. The summed E-state index contributed by atoms with van der Waals surface area (Å²) in [6.45, 7) is 0. The molecule has 3 aromatic rings. The standard InChI is InChI=1S/C20H21FN4O2/c1-25-17-12-13(23-19(26)16-7-4-5-11-22-16)9-10-14(17)20(24-25)27-18-8-3-2-6-15(18)21/h4-5,7,9-12,15,18H,2-3,6,8H2,1H3,(H,23,26). The quantitative estimate of drug-likeness (QED) is 0.759. The molecule has 1 fully saturated rings. The monoisotopic (exact) mass is 368 g/mol. The third-order valence-corrected chi connectivity index (χ3v) is 4.86. The molecular formula is C20H21FN4O2. The highest BCUT2D eigenvalue weighted by atomic mass is 19.1. The number of aryl methyl sites for hydroxylation is 1. The second-order valence-electron chi connectivity index (χ2n) is 6.79. The van der Waals surface area contributed by atoms with Gasteiger partial charge in [-0.25, -0.2) is 4.39 Å². The van der Waals surface area contributed by atoms with Gasteiger partial charge in [0.15, 0.2) is 0 Å². The maximum absolute atomic E-state index is 14.1. The van der Waals surface area contributed by atoms with Crippen LogP contribution in [0.5, 0.6) is 5.88 Å². The number of ether oxygens (including phenoxy) is 1. The average Bonchev–Trinajstić information content (AvgIpc) is 2.99. The Morgan fingerprint density at radius 3 is 2.89 bits per heavy atom. The number of hydrogen-bond acceptors (Lipinski definition) is 4. The van der Waals surface area contributed by atoms with Crippen LogP contribution in [-0.2, 0) is 7.05 Å². The van der Waals surface area contributed by atoms with E-state index < -0.39 is 12.3 Å². The fourth-order valence-electron chi connectivity index (χ4n) is 3.41. The average molecular weight is 368 g/mol. The maximum atomic E-state index is 14.1. The zero-order chi connectivity index (χ0) is 18.8. The third-order valence-electron chi connectivity index (χ3n) is 4.86. The molecule has 0 spiro atoms. The van der Waals surface area contributed by atoms with Gasteiger partial charge in [-0.3, -0.25) is 14.5 Å². The van der Waals surface area contributed by atoms with Crippen LogP contribution in [0.2, 0.25) is 0 Å². The van der Waals surface area contributed by atoms with E-state index in [0.717, 1.165) is 23.7 Å². The van der Waals surface area contributed by atoms with E-state index in [1.165, 1.54) is 0 Å². The first kappa shape index (κ1) is 17.5. The highest BCUT2D eigenvalue weighted by molar-refractivity contribution is 6.03. The number of nitrogens with one attached hydrogen (secondary N) is 1. The minimum Gasteiger partial charge on any atom is -0.470 e. The molecule has 1 aromatic carbocycles. The SMILES string of the molecule is Cn1nc(OC2CCCCC2F)c2ccc(NC(=O)c3ccccn3)cc21. The second kappa shape index (κ2) is 7.34. The van der Waals surface area contributed by atoms with Crippen molar-refractivity contribution in [3.05, 3.63) is 48.3 Å². The Hall–Kier alpha value is -2.96. The number of pyridine rings is 1. The third kappa shape index (κ3) is 3.63. The van der Waals surface area contributed by atoms with E-state index in [4.69, 9.17) is 4.74 Å². The molecule has 0 aliphatic heterocycles. The molecule has 2 atom stereocenters. The van der Waals surface area contributed by atoms with Crippen molar-refractivity contribution in [1.29, 1.82) is 0 Å². The number of halogens is 1. The summed E-state index contributed by atoms with van der Waals surface area (Å²) >= 11 is 0. The number of hydrogen-bond donors (Lipinski definition) is 1. The van der Waals surface area contributed by atoms with E-state index in [1.54, 1.807) is 42.2 Å². The second-order valence-corrected chi connectivity index (χ2v) is 6.79. The molecule has 4 rings (SSSR count). The van der Waals surface area contributed by atoms with Gasteiger partial charge >= 0.3 is 0 Å². The topological polar surface area (TPSA) is 69.0 Å². The van der Waals surface area contributed by atoms with Crippen LogP contribution >= 0.6 is 0 Å². The Morgan fingerprint density at radius 2 is 2.11 bits per heavy atom. The molecule has 1 saturated carbocycles. The molecule has 6 nitrogen and oxygen atoms in total. The Morgan fingerprint density at radius 1 is 1.26 bits per heavy atom. The molecule has 1 aliphatic rings. The van der Waals surface area contributed by atoms with Crippen molar-refractivity contribution in [3.8, 4) is 5.88 Å².